The van der Waals surface area contributed by atoms with Gasteiger partial charge in [-0.25, -0.2) is 9.18 Å². The number of pyridine rings is 1. The van der Waals surface area contributed by atoms with E-state index in [1.54, 1.807) is 41.6 Å². The van der Waals surface area contributed by atoms with Crippen LogP contribution in [0.25, 0.3) is 11.1 Å². The Balaban J connectivity index is 1.57. The predicted octanol–water partition coefficient (Wildman–Crippen LogP) is 4.33. The Hall–Kier alpha value is -3.41. The molecule has 0 aliphatic carbocycles. The predicted molar refractivity (Wildman–Crippen MR) is 103 cm³/mol. The van der Waals surface area contributed by atoms with E-state index in [0.717, 1.165) is 16.7 Å². The third kappa shape index (κ3) is 3.33. The first-order chi connectivity index (χ1) is 13.0. The van der Waals surface area contributed by atoms with Gasteiger partial charge in [-0.15, -0.1) is 0 Å². The topological polar surface area (TPSA) is 71.2 Å². The summed E-state index contributed by atoms with van der Waals surface area (Å²) in [4.78, 5) is 18.4. The fraction of sp³-hybridized carbons (Fsp3) is 0.143. The summed E-state index contributed by atoms with van der Waals surface area (Å²) in [7, 11) is 0. The standard InChI is InChI=1S/C21H19FN4O/c1-13-2-4-17(18(22)8-13)14-3-5-19(23)20(9-14)25-21(27)26-11-15-6-7-24-10-16(15)12-26/h2-10H,11-12,23H2,1H3,(H,25,27). The van der Waals surface area contributed by atoms with Gasteiger partial charge in [-0.2, -0.15) is 0 Å². The monoisotopic (exact) mass is 362 g/mol. The van der Waals surface area contributed by atoms with Crippen molar-refractivity contribution in [2.24, 2.45) is 0 Å². The summed E-state index contributed by atoms with van der Waals surface area (Å²) in [6.07, 6.45) is 3.50. The number of nitrogens with zero attached hydrogens (tertiary/aromatic N) is 2. The summed E-state index contributed by atoms with van der Waals surface area (Å²) in [5.41, 5.74) is 11.0. The Bertz CT molecular complexity index is 1010. The maximum atomic E-state index is 14.3. The van der Waals surface area contributed by atoms with Crippen LogP contribution in [0.5, 0.6) is 0 Å². The van der Waals surface area contributed by atoms with E-state index in [0.29, 0.717) is 35.6 Å². The Morgan fingerprint density at radius 1 is 1.15 bits per heavy atom. The number of fused-ring (bicyclic) bond motifs is 1. The molecule has 136 valence electrons. The van der Waals surface area contributed by atoms with E-state index in [-0.39, 0.29) is 11.8 Å². The van der Waals surface area contributed by atoms with Crippen LogP contribution in [0, 0.1) is 12.7 Å². The highest BCUT2D eigenvalue weighted by Crippen LogP contribution is 2.30. The van der Waals surface area contributed by atoms with Crippen molar-refractivity contribution in [1.29, 1.82) is 0 Å². The van der Waals surface area contributed by atoms with Crippen molar-refractivity contribution in [2.75, 3.05) is 11.1 Å². The number of benzene rings is 2. The van der Waals surface area contributed by atoms with Crippen LogP contribution in [-0.2, 0) is 13.1 Å². The molecule has 27 heavy (non-hydrogen) atoms. The van der Waals surface area contributed by atoms with E-state index in [9.17, 15) is 9.18 Å². The largest absolute Gasteiger partial charge is 0.397 e. The lowest BCUT2D eigenvalue weighted by Crippen LogP contribution is -2.30. The van der Waals surface area contributed by atoms with E-state index >= 15 is 0 Å². The Morgan fingerprint density at radius 3 is 2.74 bits per heavy atom. The molecule has 2 heterocycles. The highest BCUT2D eigenvalue weighted by Gasteiger charge is 2.23. The average Bonchev–Trinajstić information content (AvgIpc) is 3.08. The second-order valence-corrected chi connectivity index (χ2v) is 6.72. The van der Waals surface area contributed by atoms with Crippen molar-refractivity contribution in [3.63, 3.8) is 0 Å². The smallest absolute Gasteiger partial charge is 0.322 e. The van der Waals surface area contributed by atoms with Gasteiger partial charge in [-0.1, -0.05) is 18.2 Å². The molecule has 5 nitrogen and oxygen atoms in total. The second-order valence-electron chi connectivity index (χ2n) is 6.72. The quantitative estimate of drug-likeness (QED) is 0.667. The van der Waals surface area contributed by atoms with Gasteiger partial charge in [0.25, 0.3) is 0 Å². The zero-order valence-electron chi connectivity index (χ0n) is 14.9. The first-order valence-corrected chi connectivity index (χ1v) is 8.65. The fourth-order valence-corrected chi connectivity index (χ4v) is 3.24. The first kappa shape index (κ1) is 17.0. The first-order valence-electron chi connectivity index (χ1n) is 8.65. The molecule has 3 aromatic rings. The fourth-order valence-electron chi connectivity index (χ4n) is 3.24. The molecule has 1 aliphatic heterocycles. The number of carbonyl (C=O) groups excluding carboxylic acids is 1. The zero-order chi connectivity index (χ0) is 19.0. The molecule has 0 radical (unpaired) electrons. The molecule has 0 unspecified atom stereocenters. The average molecular weight is 362 g/mol. The molecule has 0 saturated heterocycles. The van der Waals surface area contributed by atoms with Crippen molar-refractivity contribution in [3.8, 4) is 11.1 Å². The van der Waals surface area contributed by atoms with Crippen LogP contribution in [0.1, 0.15) is 16.7 Å². The minimum atomic E-state index is -0.306. The van der Waals surface area contributed by atoms with Gasteiger partial charge in [0.1, 0.15) is 5.82 Å². The summed E-state index contributed by atoms with van der Waals surface area (Å²) < 4.78 is 14.3. The number of amides is 2. The molecule has 6 heteroatoms. The molecular formula is C21H19FN4O. The number of rotatable bonds is 2. The van der Waals surface area contributed by atoms with E-state index in [2.05, 4.69) is 10.3 Å². The van der Waals surface area contributed by atoms with Gasteiger partial charge in [0.2, 0.25) is 0 Å². The maximum Gasteiger partial charge on any atom is 0.322 e. The number of urea groups is 1. The van der Waals surface area contributed by atoms with Crippen molar-refractivity contribution >= 4 is 17.4 Å². The summed E-state index contributed by atoms with van der Waals surface area (Å²) >= 11 is 0. The van der Waals surface area contributed by atoms with Gasteiger partial charge < -0.3 is 16.0 Å². The molecule has 0 saturated carbocycles. The molecule has 4 rings (SSSR count). The van der Waals surface area contributed by atoms with Crippen LogP contribution in [0.3, 0.4) is 0 Å². The van der Waals surface area contributed by atoms with Crippen LogP contribution in [0.15, 0.2) is 54.9 Å². The van der Waals surface area contributed by atoms with Gasteiger partial charge >= 0.3 is 6.03 Å². The van der Waals surface area contributed by atoms with Gasteiger partial charge in [-0.3, -0.25) is 4.98 Å². The molecule has 2 aromatic carbocycles. The van der Waals surface area contributed by atoms with E-state index < -0.39 is 0 Å². The molecular weight excluding hydrogens is 343 g/mol. The Kier molecular flexibility index (Phi) is 4.24. The van der Waals surface area contributed by atoms with E-state index in [1.807, 2.05) is 19.1 Å². The van der Waals surface area contributed by atoms with Gasteiger partial charge in [-0.05, 0) is 53.4 Å². The SMILES string of the molecule is Cc1ccc(-c2ccc(N)c(NC(=O)N3Cc4ccncc4C3)c2)c(F)c1. The minimum Gasteiger partial charge on any atom is -0.397 e. The molecule has 1 aliphatic rings. The van der Waals surface area contributed by atoms with Crippen molar-refractivity contribution < 1.29 is 9.18 Å². The van der Waals surface area contributed by atoms with Crippen LogP contribution >= 0.6 is 0 Å². The minimum absolute atomic E-state index is 0.251. The van der Waals surface area contributed by atoms with Crippen LogP contribution in [0.2, 0.25) is 0 Å². The lowest BCUT2D eigenvalue weighted by molar-refractivity contribution is 0.212. The normalized spacial score (nSPS) is 12.7. The van der Waals surface area contributed by atoms with Gasteiger partial charge in [0.15, 0.2) is 0 Å². The molecule has 0 atom stereocenters. The zero-order valence-corrected chi connectivity index (χ0v) is 14.9. The number of nitrogens with two attached hydrogens (primary N) is 1. The summed E-state index contributed by atoms with van der Waals surface area (Å²) in [5, 5.41) is 2.85. The molecule has 2 amide bonds. The molecule has 0 spiro atoms. The number of aromatic nitrogens is 1. The highest BCUT2D eigenvalue weighted by atomic mass is 19.1. The lowest BCUT2D eigenvalue weighted by Gasteiger charge is -2.18. The van der Waals surface area contributed by atoms with Crippen molar-refractivity contribution in [3.05, 3.63) is 77.4 Å². The van der Waals surface area contributed by atoms with Crippen molar-refractivity contribution in [1.82, 2.24) is 9.88 Å². The number of aryl methyl sites for hydroxylation is 1. The third-order valence-electron chi connectivity index (χ3n) is 4.74. The molecule has 3 N–H and O–H groups in total. The Labute approximate surface area is 156 Å². The number of nitrogen functional groups attached to an aromatic ring is 1. The van der Waals surface area contributed by atoms with Crippen LogP contribution in [-0.4, -0.2) is 15.9 Å². The number of hydrogen-bond donors (Lipinski definition) is 2. The second kappa shape index (κ2) is 6.72. The maximum absolute atomic E-state index is 14.3. The number of halogens is 1. The Morgan fingerprint density at radius 2 is 1.96 bits per heavy atom. The number of carbonyl (C=O) groups is 1. The van der Waals surface area contributed by atoms with Crippen molar-refractivity contribution in [2.45, 2.75) is 20.0 Å². The van der Waals surface area contributed by atoms with Gasteiger partial charge in [0.05, 0.1) is 11.4 Å². The number of hydrogen-bond acceptors (Lipinski definition) is 3. The highest BCUT2D eigenvalue weighted by molar-refractivity contribution is 5.94. The summed E-state index contributed by atoms with van der Waals surface area (Å²) in [6.45, 7) is 2.86. The number of nitrogens with one attached hydrogen (secondary N) is 1. The third-order valence-corrected chi connectivity index (χ3v) is 4.74. The molecule has 0 bridgehead atoms. The van der Waals surface area contributed by atoms with Crippen LogP contribution < -0.4 is 11.1 Å². The summed E-state index contributed by atoms with van der Waals surface area (Å²) in [5.74, 6) is -0.306. The lowest BCUT2D eigenvalue weighted by atomic mass is 10.0. The van der Waals surface area contributed by atoms with E-state index in [4.69, 9.17) is 5.73 Å². The van der Waals surface area contributed by atoms with Crippen LogP contribution in [0.4, 0.5) is 20.6 Å². The number of anilines is 2. The molecule has 1 aromatic heterocycles. The summed E-state index contributed by atoms with van der Waals surface area (Å²) in [6, 6.07) is 11.8. The van der Waals surface area contributed by atoms with Gasteiger partial charge in [0, 0.05) is 31.0 Å². The molecule has 0 fully saturated rings. The van der Waals surface area contributed by atoms with E-state index in [1.165, 1.54) is 6.07 Å².